The average molecular weight is 282 g/mol. The second kappa shape index (κ2) is 9.38. The average Bonchev–Trinajstić information content (AvgIpc) is 1.85. The second-order valence-corrected chi connectivity index (χ2v) is 2.93. The Hall–Kier alpha value is 1.15. The first-order valence-corrected chi connectivity index (χ1v) is 3.77. The number of methoxy groups -OCH3 is 1. The Morgan fingerprint density at radius 2 is 1.50 bits per heavy atom. The normalized spacial score (nSPS) is 7.79. The Balaban J connectivity index is -0.000000403. The molecule has 0 heterocycles. The molecule has 0 N–H and O–H groups in total. The third kappa shape index (κ3) is 5.30. The standard InChI is InChI=1S/C9H11O.BrH.ClH.Li.Mg/c1-7-5-4-6-8(2)9(7)10-3;;;;/h5-6H,1-3H3;2*1H;;/q;;;;+2/p-2. The summed E-state index contributed by atoms with van der Waals surface area (Å²) < 4.78 is 6.52. The molecule has 14 heavy (non-hydrogen) atoms. The van der Waals surface area contributed by atoms with E-state index in [-0.39, 0.29) is 52.4 Å². The number of hydrogen-bond donors (Lipinski definition) is 0. The first-order valence-electron chi connectivity index (χ1n) is 3.77. The van der Waals surface area contributed by atoms with Crippen molar-refractivity contribution in [2.45, 2.75) is 13.8 Å². The van der Waals surface area contributed by atoms with Crippen molar-refractivity contribution in [2.75, 3.05) is 7.11 Å². The van der Waals surface area contributed by atoms with E-state index in [1.165, 1.54) is 15.4 Å². The predicted octanol–water partition coefficient (Wildman–Crippen LogP) is -5.27. The van der Waals surface area contributed by atoms with E-state index in [1.54, 1.807) is 7.11 Å². The van der Waals surface area contributed by atoms with Gasteiger partial charge in [0.25, 0.3) is 0 Å². The molecule has 0 fully saturated rings. The number of halogens is 2. The molecule has 1 nitrogen and oxygen atoms in total. The molecule has 0 unspecified atom stereocenters. The van der Waals surface area contributed by atoms with E-state index in [4.69, 9.17) is 4.74 Å². The van der Waals surface area contributed by atoms with Crippen LogP contribution in [0.1, 0.15) is 11.1 Å². The van der Waals surface area contributed by atoms with Crippen LogP contribution in [0.25, 0.3) is 0 Å². The summed E-state index contributed by atoms with van der Waals surface area (Å²) in [7, 11) is 1.71. The zero-order valence-electron chi connectivity index (χ0n) is 9.03. The topological polar surface area (TPSA) is 9.23 Å². The van der Waals surface area contributed by atoms with Gasteiger partial charge in [0, 0.05) is 0 Å². The third-order valence-electron chi connectivity index (χ3n) is 1.81. The van der Waals surface area contributed by atoms with Crippen LogP contribution < -0.4 is 38.4 Å². The molecular formula is C9H11BrClLiMgO. The van der Waals surface area contributed by atoms with Crippen molar-refractivity contribution >= 4 is 45.0 Å². The summed E-state index contributed by atoms with van der Waals surface area (Å²) in [5, 5.41) is 0. The molecule has 0 radical (unpaired) electrons. The molecule has 0 amide bonds. The van der Waals surface area contributed by atoms with E-state index >= 15 is 0 Å². The van der Waals surface area contributed by atoms with E-state index in [1.807, 2.05) is 0 Å². The molecule has 1 rings (SSSR count). The molecule has 0 saturated heterocycles. The largest absolute Gasteiger partial charge is 2.00 e. The van der Waals surface area contributed by atoms with Crippen LogP contribution in [0.5, 0.6) is 5.75 Å². The molecule has 0 aliphatic carbocycles. The number of aryl methyl sites for hydroxylation is 2. The number of rotatable bonds is 1. The van der Waals surface area contributed by atoms with E-state index in [9.17, 15) is 0 Å². The first-order chi connectivity index (χ1) is 5.15. The molecule has 5 heteroatoms. The Morgan fingerprint density at radius 3 is 1.79 bits per heavy atom. The van der Waals surface area contributed by atoms with Crippen molar-refractivity contribution in [1.29, 1.82) is 0 Å². The van der Waals surface area contributed by atoms with Crippen LogP contribution in [0.2, 0.25) is 0 Å². The van der Waals surface area contributed by atoms with Crippen LogP contribution in [0.4, 0.5) is 0 Å². The summed E-state index contributed by atoms with van der Waals surface area (Å²) in [6, 6.07) is 4.26. The molecular weight excluding hydrogens is 271 g/mol. The van der Waals surface area contributed by atoms with Crippen LogP contribution in [0.15, 0.2) is 12.1 Å². The van der Waals surface area contributed by atoms with Gasteiger partial charge in [-0.05, 0) is 0 Å². The number of benzene rings is 1. The maximum absolute atomic E-state index is 5.23. The number of hydrogen-bond acceptors (Lipinski definition) is 1. The summed E-state index contributed by atoms with van der Waals surface area (Å²) in [6.45, 7) is 4.14. The molecule has 1 aromatic carbocycles. The molecule has 0 spiro atoms. The summed E-state index contributed by atoms with van der Waals surface area (Å²) in [6.07, 6.45) is 0. The van der Waals surface area contributed by atoms with E-state index in [0.29, 0.717) is 0 Å². The fourth-order valence-electron chi connectivity index (χ4n) is 1.49. The second-order valence-electron chi connectivity index (χ2n) is 2.93. The number of ether oxygens (including phenoxy) is 1. The Kier molecular flexibility index (Phi) is 13.8. The SMILES string of the molecule is [Br-].[Cl-].[Li][c]1cc(C)c(OC)c(C)c1.[Mg+2]. The van der Waals surface area contributed by atoms with Crippen LogP contribution in [-0.2, 0) is 0 Å². The Bertz CT molecular complexity index is 261. The molecule has 0 saturated carbocycles. The van der Waals surface area contributed by atoms with Crippen molar-refractivity contribution in [3.8, 4) is 5.75 Å². The van der Waals surface area contributed by atoms with E-state index < -0.39 is 0 Å². The van der Waals surface area contributed by atoms with E-state index in [2.05, 4.69) is 43.7 Å². The zero-order valence-corrected chi connectivity index (χ0v) is 12.8. The minimum absolute atomic E-state index is 0. The van der Waals surface area contributed by atoms with Gasteiger partial charge in [-0.3, -0.25) is 0 Å². The maximum Gasteiger partial charge on any atom is 2.00 e. The van der Waals surface area contributed by atoms with Crippen LogP contribution in [0.3, 0.4) is 0 Å². The smallest absolute Gasteiger partial charge is 2.00 e. The van der Waals surface area contributed by atoms with Crippen molar-refractivity contribution < 1.29 is 34.1 Å². The quantitative estimate of drug-likeness (QED) is 0.468. The predicted molar refractivity (Wildman–Crippen MR) is 53.6 cm³/mol. The van der Waals surface area contributed by atoms with Gasteiger partial charge in [-0.15, -0.1) is 0 Å². The third-order valence-corrected chi connectivity index (χ3v) is 1.81. The van der Waals surface area contributed by atoms with Crippen LogP contribution in [0, 0.1) is 13.8 Å². The van der Waals surface area contributed by atoms with Gasteiger partial charge in [0.15, 0.2) is 0 Å². The van der Waals surface area contributed by atoms with Gasteiger partial charge in [-0.1, -0.05) is 0 Å². The van der Waals surface area contributed by atoms with Crippen molar-refractivity contribution in [2.24, 2.45) is 0 Å². The van der Waals surface area contributed by atoms with Gasteiger partial charge < -0.3 is 29.4 Å². The summed E-state index contributed by atoms with van der Waals surface area (Å²) in [4.78, 5) is 0. The van der Waals surface area contributed by atoms with Gasteiger partial charge in [0.05, 0.1) is 0 Å². The zero-order chi connectivity index (χ0) is 8.43. The van der Waals surface area contributed by atoms with Crippen molar-refractivity contribution in [1.82, 2.24) is 0 Å². The van der Waals surface area contributed by atoms with Gasteiger partial charge in [-0.25, -0.2) is 0 Å². The van der Waals surface area contributed by atoms with Crippen molar-refractivity contribution in [3.05, 3.63) is 23.3 Å². The summed E-state index contributed by atoms with van der Waals surface area (Å²) >= 11 is 2.10. The van der Waals surface area contributed by atoms with Gasteiger partial charge >= 0.3 is 99.7 Å². The summed E-state index contributed by atoms with van der Waals surface area (Å²) in [5.74, 6) is 1.01. The Labute approximate surface area is 128 Å². The van der Waals surface area contributed by atoms with Crippen LogP contribution in [-0.4, -0.2) is 47.9 Å². The minimum atomic E-state index is 0. The van der Waals surface area contributed by atoms with Crippen molar-refractivity contribution in [3.63, 3.8) is 0 Å². The monoisotopic (exact) mass is 280 g/mol. The van der Waals surface area contributed by atoms with Gasteiger partial charge in [0.1, 0.15) is 0 Å². The molecule has 0 bridgehead atoms. The molecule has 70 valence electrons. The molecule has 0 aliphatic rings. The molecule has 0 aliphatic heterocycles. The minimum Gasteiger partial charge on any atom is 2.00 e. The maximum atomic E-state index is 5.23. The summed E-state index contributed by atoms with van der Waals surface area (Å²) in [5.41, 5.74) is 2.43. The Morgan fingerprint density at radius 1 is 1.14 bits per heavy atom. The molecule has 0 aromatic heterocycles. The van der Waals surface area contributed by atoms with E-state index in [0.717, 1.165) is 5.75 Å². The molecule has 1 aromatic rings. The first kappa shape index (κ1) is 20.6. The molecule has 0 atom stereocenters. The van der Waals surface area contributed by atoms with Crippen LogP contribution >= 0.6 is 0 Å². The fourth-order valence-corrected chi connectivity index (χ4v) is 1.49. The van der Waals surface area contributed by atoms with Gasteiger partial charge in [0.2, 0.25) is 0 Å². The van der Waals surface area contributed by atoms with Gasteiger partial charge in [-0.2, -0.15) is 0 Å². The fraction of sp³-hybridized carbons (Fsp3) is 0.333.